The fourth-order valence-electron chi connectivity index (χ4n) is 1.24. The van der Waals surface area contributed by atoms with Crippen molar-refractivity contribution < 1.29 is 9.59 Å². The molecule has 0 atom stereocenters. The van der Waals surface area contributed by atoms with Gasteiger partial charge in [0, 0.05) is 18.7 Å². The van der Waals surface area contributed by atoms with Crippen molar-refractivity contribution in [2.45, 2.75) is 33.6 Å². The number of nitrogens with zero attached hydrogens (tertiary/aromatic N) is 1. The number of hydrogen-bond donors (Lipinski definition) is 0. The second-order valence-corrected chi connectivity index (χ2v) is 4.43. The first-order valence-corrected chi connectivity index (χ1v) is 5.00. The highest BCUT2D eigenvalue weighted by Gasteiger charge is 2.25. The van der Waals surface area contributed by atoms with E-state index in [-0.39, 0.29) is 17.2 Å². The Morgan fingerprint density at radius 2 is 1.71 bits per heavy atom. The maximum Gasteiger partial charge on any atom is 0.253 e. The summed E-state index contributed by atoms with van der Waals surface area (Å²) < 4.78 is 0. The topological polar surface area (TPSA) is 37.4 Å². The van der Waals surface area contributed by atoms with Crippen LogP contribution in [0.25, 0.3) is 0 Å². The number of hydrogen-bond acceptors (Lipinski definition) is 2. The summed E-state index contributed by atoms with van der Waals surface area (Å²) in [5.74, 6) is -0.358. The Labute approximate surface area is 84.8 Å². The Morgan fingerprint density at radius 1 is 1.21 bits per heavy atom. The second-order valence-electron chi connectivity index (χ2n) is 4.43. The molecule has 0 bridgehead atoms. The summed E-state index contributed by atoms with van der Waals surface area (Å²) in [7, 11) is 0. The highest BCUT2D eigenvalue weighted by atomic mass is 16.2. The van der Waals surface area contributed by atoms with E-state index in [1.165, 1.54) is 17.1 Å². The van der Waals surface area contributed by atoms with E-state index < -0.39 is 0 Å². The average molecular weight is 195 g/mol. The van der Waals surface area contributed by atoms with Crippen molar-refractivity contribution in [2.24, 2.45) is 5.41 Å². The molecular weight excluding hydrogens is 178 g/mol. The van der Waals surface area contributed by atoms with E-state index in [1.807, 2.05) is 0 Å². The molecule has 0 aromatic heterocycles. The first-order chi connectivity index (χ1) is 6.46. The molecule has 0 saturated heterocycles. The summed E-state index contributed by atoms with van der Waals surface area (Å²) in [4.78, 5) is 23.7. The van der Waals surface area contributed by atoms with Crippen LogP contribution in [0.2, 0.25) is 0 Å². The summed E-state index contributed by atoms with van der Waals surface area (Å²) in [6.07, 6.45) is 4.59. The molecule has 1 rings (SSSR count). The lowest BCUT2D eigenvalue weighted by atomic mass is 9.86. The van der Waals surface area contributed by atoms with Crippen LogP contribution in [0.5, 0.6) is 0 Å². The average Bonchev–Trinajstić information content (AvgIpc) is 2.44. The van der Waals surface area contributed by atoms with Gasteiger partial charge in [-0.1, -0.05) is 27.2 Å². The van der Waals surface area contributed by atoms with Crippen molar-refractivity contribution in [3.05, 3.63) is 12.2 Å². The van der Waals surface area contributed by atoms with E-state index in [0.717, 1.165) is 12.8 Å². The summed E-state index contributed by atoms with van der Waals surface area (Å²) in [6.45, 7) is 6.94. The molecule has 78 valence electrons. The van der Waals surface area contributed by atoms with Crippen LogP contribution in [0, 0.1) is 5.41 Å². The zero-order valence-electron chi connectivity index (χ0n) is 9.04. The molecule has 1 heterocycles. The van der Waals surface area contributed by atoms with Crippen molar-refractivity contribution in [3.63, 3.8) is 0 Å². The van der Waals surface area contributed by atoms with Crippen molar-refractivity contribution in [2.75, 3.05) is 6.54 Å². The number of carbonyl (C=O) groups excluding carboxylic acids is 2. The third kappa shape index (κ3) is 2.44. The molecule has 0 radical (unpaired) electrons. The summed E-state index contributed by atoms with van der Waals surface area (Å²) in [5.41, 5.74) is 0.198. The fourth-order valence-corrected chi connectivity index (χ4v) is 1.24. The highest BCUT2D eigenvalue weighted by molar-refractivity contribution is 6.12. The van der Waals surface area contributed by atoms with Crippen molar-refractivity contribution in [1.82, 2.24) is 4.90 Å². The smallest absolute Gasteiger partial charge is 0.253 e. The molecular formula is C11H17NO2. The van der Waals surface area contributed by atoms with Crippen LogP contribution in [-0.2, 0) is 9.59 Å². The minimum atomic E-state index is -0.179. The van der Waals surface area contributed by atoms with Crippen LogP contribution in [0.1, 0.15) is 33.6 Å². The molecule has 0 unspecified atom stereocenters. The molecule has 0 N–H and O–H groups in total. The van der Waals surface area contributed by atoms with E-state index in [0.29, 0.717) is 6.54 Å². The Balaban J connectivity index is 2.47. The van der Waals surface area contributed by atoms with Gasteiger partial charge in [0.1, 0.15) is 0 Å². The van der Waals surface area contributed by atoms with Gasteiger partial charge < -0.3 is 0 Å². The van der Waals surface area contributed by atoms with E-state index in [2.05, 4.69) is 20.8 Å². The van der Waals surface area contributed by atoms with Crippen LogP contribution >= 0.6 is 0 Å². The first kappa shape index (κ1) is 11.0. The molecule has 0 saturated carbocycles. The Kier molecular flexibility index (Phi) is 3.09. The lowest BCUT2D eigenvalue weighted by molar-refractivity contribution is -0.137. The Bertz CT molecular complexity index is 261. The predicted molar refractivity (Wildman–Crippen MR) is 54.5 cm³/mol. The fraction of sp³-hybridized carbons (Fsp3) is 0.636. The van der Waals surface area contributed by atoms with Gasteiger partial charge in [-0.05, 0) is 11.8 Å². The van der Waals surface area contributed by atoms with E-state index in [1.54, 1.807) is 0 Å². The van der Waals surface area contributed by atoms with Crippen LogP contribution in [0.15, 0.2) is 12.2 Å². The van der Waals surface area contributed by atoms with Crippen LogP contribution in [0.4, 0.5) is 0 Å². The first-order valence-electron chi connectivity index (χ1n) is 5.00. The van der Waals surface area contributed by atoms with Crippen LogP contribution in [0.3, 0.4) is 0 Å². The molecule has 0 aromatic rings. The number of carbonyl (C=O) groups is 2. The predicted octanol–water partition coefficient (Wildman–Crippen LogP) is 1.74. The third-order valence-corrected chi connectivity index (χ3v) is 2.87. The molecule has 3 heteroatoms. The normalized spacial score (nSPS) is 16.9. The lowest BCUT2D eigenvalue weighted by Crippen LogP contribution is -2.33. The van der Waals surface area contributed by atoms with Crippen molar-refractivity contribution in [1.29, 1.82) is 0 Å². The van der Waals surface area contributed by atoms with Gasteiger partial charge in [-0.2, -0.15) is 0 Å². The summed E-state index contributed by atoms with van der Waals surface area (Å²) in [5, 5.41) is 0. The number of imide groups is 1. The van der Waals surface area contributed by atoms with E-state index in [4.69, 9.17) is 0 Å². The maximum atomic E-state index is 11.2. The SMILES string of the molecule is CCC(C)(C)CCN1C(=O)C=CC1=O. The molecule has 0 fully saturated rings. The van der Waals surface area contributed by atoms with E-state index >= 15 is 0 Å². The van der Waals surface area contributed by atoms with Crippen molar-refractivity contribution >= 4 is 11.8 Å². The molecule has 2 amide bonds. The molecule has 0 aliphatic carbocycles. The summed E-state index contributed by atoms with van der Waals surface area (Å²) >= 11 is 0. The molecule has 1 aliphatic heterocycles. The van der Waals surface area contributed by atoms with Gasteiger partial charge in [0.15, 0.2) is 0 Å². The van der Waals surface area contributed by atoms with Crippen LogP contribution < -0.4 is 0 Å². The van der Waals surface area contributed by atoms with Crippen LogP contribution in [-0.4, -0.2) is 23.3 Å². The highest BCUT2D eigenvalue weighted by Crippen LogP contribution is 2.25. The van der Waals surface area contributed by atoms with Gasteiger partial charge in [-0.3, -0.25) is 14.5 Å². The quantitative estimate of drug-likeness (QED) is 0.641. The molecule has 3 nitrogen and oxygen atoms in total. The lowest BCUT2D eigenvalue weighted by Gasteiger charge is -2.25. The number of rotatable bonds is 4. The zero-order chi connectivity index (χ0) is 10.8. The van der Waals surface area contributed by atoms with Gasteiger partial charge in [0.25, 0.3) is 11.8 Å². The zero-order valence-corrected chi connectivity index (χ0v) is 9.04. The van der Waals surface area contributed by atoms with Gasteiger partial charge in [0.2, 0.25) is 0 Å². The largest absolute Gasteiger partial charge is 0.275 e. The van der Waals surface area contributed by atoms with Gasteiger partial charge in [0.05, 0.1) is 0 Å². The monoisotopic (exact) mass is 195 g/mol. The third-order valence-electron chi connectivity index (χ3n) is 2.87. The minimum absolute atomic E-state index is 0.179. The molecule has 0 spiro atoms. The minimum Gasteiger partial charge on any atom is -0.275 e. The van der Waals surface area contributed by atoms with Gasteiger partial charge in [-0.15, -0.1) is 0 Å². The summed E-state index contributed by atoms with van der Waals surface area (Å²) in [6, 6.07) is 0. The maximum absolute atomic E-state index is 11.2. The van der Waals surface area contributed by atoms with Gasteiger partial charge >= 0.3 is 0 Å². The standard InChI is InChI=1S/C11H17NO2/c1-4-11(2,3)7-8-12-9(13)5-6-10(12)14/h5-6H,4,7-8H2,1-3H3. The van der Waals surface area contributed by atoms with Crippen molar-refractivity contribution in [3.8, 4) is 0 Å². The number of amides is 2. The second kappa shape index (κ2) is 3.95. The van der Waals surface area contributed by atoms with Gasteiger partial charge in [-0.25, -0.2) is 0 Å². The Hall–Kier alpha value is -1.12. The molecule has 1 aliphatic rings. The van der Waals surface area contributed by atoms with E-state index in [9.17, 15) is 9.59 Å². The molecule has 14 heavy (non-hydrogen) atoms. The Morgan fingerprint density at radius 3 is 2.14 bits per heavy atom. The molecule has 0 aromatic carbocycles.